The van der Waals surface area contributed by atoms with Crippen LogP contribution in [0, 0.1) is 0 Å². The summed E-state index contributed by atoms with van der Waals surface area (Å²) < 4.78 is 4.25. The molecule has 4 aromatic rings. The van der Waals surface area contributed by atoms with E-state index in [4.69, 9.17) is 10.1 Å². The lowest BCUT2D eigenvalue weighted by Gasteiger charge is -2.09. The summed E-state index contributed by atoms with van der Waals surface area (Å²) in [6.07, 6.45) is 3.63. The van der Waals surface area contributed by atoms with Crippen LogP contribution < -0.4 is 0 Å². The highest BCUT2D eigenvalue weighted by molar-refractivity contribution is 5.78. The SMILES string of the molecule is OCCCCn1c(Cn2ncc3ccccc32)nc2ccccc21. The van der Waals surface area contributed by atoms with E-state index in [0.717, 1.165) is 47.1 Å². The molecule has 2 aromatic heterocycles. The summed E-state index contributed by atoms with van der Waals surface area (Å²) in [6.45, 7) is 1.72. The van der Waals surface area contributed by atoms with E-state index in [9.17, 15) is 0 Å². The highest BCUT2D eigenvalue weighted by atomic mass is 16.2. The Hall–Kier alpha value is -2.66. The van der Waals surface area contributed by atoms with Gasteiger partial charge in [0.1, 0.15) is 5.82 Å². The molecule has 24 heavy (non-hydrogen) atoms. The van der Waals surface area contributed by atoms with Crippen LogP contribution in [-0.2, 0) is 13.1 Å². The predicted octanol–water partition coefficient (Wildman–Crippen LogP) is 3.21. The number of benzene rings is 2. The van der Waals surface area contributed by atoms with Crippen molar-refractivity contribution in [1.29, 1.82) is 0 Å². The summed E-state index contributed by atoms with van der Waals surface area (Å²) in [4.78, 5) is 4.81. The number of aliphatic hydroxyl groups excluding tert-OH is 1. The maximum absolute atomic E-state index is 9.06. The van der Waals surface area contributed by atoms with E-state index >= 15 is 0 Å². The van der Waals surface area contributed by atoms with E-state index in [-0.39, 0.29) is 6.61 Å². The molecule has 0 aliphatic heterocycles. The molecular formula is C19H20N4O. The minimum absolute atomic E-state index is 0.228. The van der Waals surface area contributed by atoms with Gasteiger partial charge < -0.3 is 9.67 Å². The molecule has 0 aliphatic carbocycles. The fraction of sp³-hybridized carbons (Fsp3) is 0.263. The normalized spacial score (nSPS) is 11.5. The number of nitrogens with zero attached hydrogens (tertiary/aromatic N) is 4. The third-order valence-electron chi connectivity index (χ3n) is 4.37. The number of unbranched alkanes of at least 4 members (excludes halogenated alkanes) is 1. The Morgan fingerprint density at radius 2 is 1.71 bits per heavy atom. The Kier molecular flexibility index (Phi) is 4.01. The Bertz CT molecular complexity index is 970. The van der Waals surface area contributed by atoms with E-state index in [0.29, 0.717) is 6.54 Å². The zero-order valence-corrected chi connectivity index (χ0v) is 13.5. The standard InChI is InChI=1S/C19H20N4O/c24-12-6-5-11-22-18-10-4-2-8-16(18)21-19(22)14-23-17-9-3-1-7-15(17)13-20-23/h1-4,7-10,13,24H,5-6,11-12,14H2. The first-order valence-electron chi connectivity index (χ1n) is 8.32. The number of fused-ring (bicyclic) bond motifs is 2. The van der Waals surface area contributed by atoms with Gasteiger partial charge in [0, 0.05) is 18.5 Å². The Labute approximate surface area is 140 Å². The summed E-state index contributed by atoms with van der Waals surface area (Å²) >= 11 is 0. The molecular weight excluding hydrogens is 300 g/mol. The highest BCUT2D eigenvalue weighted by Crippen LogP contribution is 2.20. The van der Waals surface area contributed by atoms with E-state index in [1.54, 1.807) is 0 Å². The van der Waals surface area contributed by atoms with Crippen molar-refractivity contribution in [2.24, 2.45) is 0 Å². The number of aryl methyl sites for hydroxylation is 1. The first-order valence-corrected chi connectivity index (χ1v) is 8.32. The molecule has 0 amide bonds. The lowest BCUT2D eigenvalue weighted by Crippen LogP contribution is -2.10. The zero-order chi connectivity index (χ0) is 16.4. The number of hydrogen-bond donors (Lipinski definition) is 1. The van der Waals surface area contributed by atoms with Crippen molar-refractivity contribution in [2.75, 3.05) is 6.61 Å². The van der Waals surface area contributed by atoms with Gasteiger partial charge in [-0.1, -0.05) is 30.3 Å². The fourth-order valence-corrected chi connectivity index (χ4v) is 3.16. The molecule has 122 valence electrons. The van der Waals surface area contributed by atoms with Crippen LogP contribution in [0.5, 0.6) is 0 Å². The van der Waals surface area contributed by atoms with Crippen LogP contribution in [0.1, 0.15) is 18.7 Å². The second-order valence-corrected chi connectivity index (χ2v) is 5.96. The van der Waals surface area contributed by atoms with Crippen molar-refractivity contribution >= 4 is 21.9 Å². The van der Waals surface area contributed by atoms with E-state index < -0.39 is 0 Å². The lowest BCUT2D eigenvalue weighted by atomic mass is 10.2. The molecule has 0 radical (unpaired) electrons. The van der Waals surface area contributed by atoms with Crippen molar-refractivity contribution in [2.45, 2.75) is 25.9 Å². The molecule has 0 saturated carbocycles. The van der Waals surface area contributed by atoms with Crippen LogP contribution in [-0.4, -0.2) is 31.0 Å². The van der Waals surface area contributed by atoms with E-state index in [2.05, 4.69) is 27.9 Å². The first-order chi connectivity index (χ1) is 11.9. The molecule has 0 atom stereocenters. The fourth-order valence-electron chi connectivity index (χ4n) is 3.16. The van der Waals surface area contributed by atoms with Gasteiger partial charge in [-0.2, -0.15) is 5.10 Å². The molecule has 0 fully saturated rings. The quantitative estimate of drug-likeness (QED) is 0.555. The van der Waals surface area contributed by atoms with Crippen LogP contribution in [0.2, 0.25) is 0 Å². The maximum atomic E-state index is 9.06. The number of hydrogen-bond acceptors (Lipinski definition) is 3. The lowest BCUT2D eigenvalue weighted by molar-refractivity contribution is 0.281. The maximum Gasteiger partial charge on any atom is 0.131 e. The first kappa shape index (κ1) is 14.9. The van der Waals surface area contributed by atoms with Gasteiger partial charge in [0.2, 0.25) is 0 Å². The van der Waals surface area contributed by atoms with Crippen molar-refractivity contribution in [1.82, 2.24) is 19.3 Å². The second kappa shape index (κ2) is 6.45. The zero-order valence-electron chi connectivity index (χ0n) is 13.5. The Morgan fingerprint density at radius 1 is 0.917 bits per heavy atom. The molecule has 0 spiro atoms. The van der Waals surface area contributed by atoms with E-state index in [1.807, 2.05) is 41.2 Å². The Balaban J connectivity index is 1.73. The van der Waals surface area contributed by atoms with Crippen molar-refractivity contribution < 1.29 is 5.11 Å². The largest absolute Gasteiger partial charge is 0.396 e. The third-order valence-corrected chi connectivity index (χ3v) is 4.37. The summed E-state index contributed by atoms with van der Waals surface area (Å²) in [5, 5.41) is 14.7. The van der Waals surface area contributed by atoms with Gasteiger partial charge in [-0.3, -0.25) is 4.68 Å². The van der Waals surface area contributed by atoms with Crippen LogP contribution in [0.15, 0.2) is 54.7 Å². The monoisotopic (exact) mass is 320 g/mol. The van der Waals surface area contributed by atoms with Gasteiger partial charge in [0.15, 0.2) is 0 Å². The van der Waals surface area contributed by atoms with Crippen LogP contribution in [0.25, 0.3) is 21.9 Å². The minimum Gasteiger partial charge on any atom is -0.396 e. The third kappa shape index (κ3) is 2.67. The molecule has 4 rings (SSSR count). The van der Waals surface area contributed by atoms with E-state index in [1.165, 1.54) is 0 Å². The highest BCUT2D eigenvalue weighted by Gasteiger charge is 2.12. The van der Waals surface area contributed by atoms with Gasteiger partial charge in [-0.15, -0.1) is 0 Å². The summed E-state index contributed by atoms with van der Waals surface area (Å²) in [6, 6.07) is 16.4. The molecule has 5 nitrogen and oxygen atoms in total. The van der Waals surface area contributed by atoms with Gasteiger partial charge in [-0.05, 0) is 31.0 Å². The number of imidazole rings is 1. The number of rotatable bonds is 6. The van der Waals surface area contributed by atoms with Crippen LogP contribution in [0.4, 0.5) is 0 Å². The van der Waals surface area contributed by atoms with Gasteiger partial charge in [-0.25, -0.2) is 4.98 Å². The summed E-state index contributed by atoms with van der Waals surface area (Å²) in [5.41, 5.74) is 3.27. The van der Waals surface area contributed by atoms with Gasteiger partial charge >= 0.3 is 0 Å². The Morgan fingerprint density at radius 3 is 2.58 bits per heavy atom. The topological polar surface area (TPSA) is 55.9 Å². The molecule has 2 aromatic carbocycles. The average molecular weight is 320 g/mol. The molecule has 0 bridgehead atoms. The predicted molar refractivity (Wildman–Crippen MR) is 94.9 cm³/mol. The smallest absolute Gasteiger partial charge is 0.131 e. The molecule has 2 heterocycles. The molecule has 1 N–H and O–H groups in total. The minimum atomic E-state index is 0.228. The van der Waals surface area contributed by atoms with Crippen molar-refractivity contribution in [3.8, 4) is 0 Å². The summed E-state index contributed by atoms with van der Waals surface area (Å²) in [7, 11) is 0. The molecule has 0 aliphatic rings. The molecule has 5 heteroatoms. The second-order valence-electron chi connectivity index (χ2n) is 5.96. The van der Waals surface area contributed by atoms with Crippen molar-refractivity contribution in [3.05, 3.63) is 60.6 Å². The molecule has 0 saturated heterocycles. The molecule has 0 unspecified atom stereocenters. The summed E-state index contributed by atoms with van der Waals surface area (Å²) in [5.74, 6) is 1.00. The average Bonchev–Trinajstić information content (AvgIpc) is 3.18. The number of aromatic nitrogens is 4. The van der Waals surface area contributed by atoms with Gasteiger partial charge in [0.05, 0.1) is 29.3 Å². The van der Waals surface area contributed by atoms with Crippen LogP contribution >= 0.6 is 0 Å². The van der Waals surface area contributed by atoms with Crippen molar-refractivity contribution in [3.63, 3.8) is 0 Å². The van der Waals surface area contributed by atoms with Crippen LogP contribution in [0.3, 0.4) is 0 Å². The van der Waals surface area contributed by atoms with Gasteiger partial charge in [0.25, 0.3) is 0 Å². The number of aliphatic hydroxyl groups is 1. The number of para-hydroxylation sites is 3.